The van der Waals surface area contributed by atoms with Crippen molar-refractivity contribution in [3.63, 3.8) is 0 Å². The molecule has 0 aliphatic heterocycles. The van der Waals surface area contributed by atoms with Gasteiger partial charge in [-0.1, -0.05) is 41.1 Å². The van der Waals surface area contributed by atoms with Crippen LogP contribution in [0.15, 0.2) is 51.1 Å². The molecule has 142 valence electrons. The minimum Gasteiger partial charge on any atom is -0.199 e. The molecular weight excluding hydrogens is 400 g/mol. The van der Waals surface area contributed by atoms with Crippen LogP contribution in [-0.4, -0.2) is 17.6 Å². The van der Waals surface area contributed by atoms with E-state index in [0.29, 0.717) is 21.3 Å². The van der Waals surface area contributed by atoms with Gasteiger partial charge >= 0.3 is 0 Å². The quantitative estimate of drug-likeness (QED) is 0.561. The van der Waals surface area contributed by atoms with E-state index in [-0.39, 0.29) is 0 Å². The fraction of sp³-hybridized carbons (Fsp3) is 0.250. The van der Waals surface area contributed by atoms with Gasteiger partial charge in [-0.25, -0.2) is 0 Å². The number of benzene rings is 2. The SMILES string of the molecule is Cc1cc(C)c(S(=O)(=O)n2nc(C)c(Sc3ccc(Cl)cc3)c2C)c(C)c1. The molecule has 27 heavy (non-hydrogen) atoms. The van der Waals surface area contributed by atoms with E-state index in [1.807, 2.05) is 64.1 Å². The van der Waals surface area contributed by atoms with Crippen molar-refractivity contribution in [3.05, 3.63) is 69.5 Å². The van der Waals surface area contributed by atoms with Crippen molar-refractivity contribution < 1.29 is 8.42 Å². The average molecular weight is 421 g/mol. The molecule has 0 unspecified atom stereocenters. The molecule has 0 radical (unpaired) electrons. The number of rotatable bonds is 4. The Labute approximate surface area is 169 Å². The first-order chi connectivity index (χ1) is 12.6. The smallest absolute Gasteiger partial charge is 0.199 e. The molecule has 7 heteroatoms. The monoisotopic (exact) mass is 420 g/mol. The van der Waals surface area contributed by atoms with Crippen LogP contribution in [0.25, 0.3) is 0 Å². The summed E-state index contributed by atoms with van der Waals surface area (Å²) in [4.78, 5) is 2.13. The summed E-state index contributed by atoms with van der Waals surface area (Å²) in [7, 11) is -3.78. The molecule has 0 amide bonds. The first kappa shape index (κ1) is 20.0. The predicted molar refractivity (Wildman–Crippen MR) is 111 cm³/mol. The van der Waals surface area contributed by atoms with Crippen molar-refractivity contribution in [1.82, 2.24) is 9.19 Å². The lowest BCUT2D eigenvalue weighted by Gasteiger charge is -2.13. The van der Waals surface area contributed by atoms with Crippen LogP contribution < -0.4 is 0 Å². The van der Waals surface area contributed by atoms with Crippen LogP contribution in [0.4, 0.5) is 0 Å². The average Bonchev–Trinajstić information content (AvgIpc) is 2.84. The van der Waals surface area contributed by atoms with E-state index in [4.69, 9.17) is 11.6 Å². The Morgan fingerprint density at radius 1 is 0.963 bits per heavy atom. The molecule has 0 atom stereocenters. The molecule has 1 aromatic heterocycles. The van der Waals surface area contributed by atoms with Crippen LogP contribution in [0, 0.1) is 34.6 Å². The van der Waals surface area contributed by atoms with Crippen molar-refractivity contribution in [2.24, 2.45) is 0 Å². The Balaban J connectivity index is 2.09. The van der Waals surface area contributed by atoms with Crippen molar-refractivity contribution >= 4 is 33.4 Å². The second-order valence-electron chi connectivity index (χ2n) is 6.63. The normalized spacial score (nSPS) is 11.8. The van der Waals surface area contributed by atoms with Gasteiger partial charge in [0.05, 0.1) is 21.2 Å². The summed E-state index contributed by atoms with van der Waals surface area (Å²) in [6.45, 7) is 9.21. The first-order valence-electron chi connectivity index (χ1n) is 8.44. The fourth-order valence-corrected chi connectivity index (χ4v) is 6.17. The number of nitrogens with zero attached hydrogens (tertiary/aromatic N) is 2. The molecule has 2 aromatic carbocycles. The number of aromatic nitrogens is 2. The van der Waals surface area contributed by atoms with E-state index in [2.05, 4.69) is 5.10 Å². The molecule has 0 saturated carbocycles. The summed E-state index contributed by atoms with van der Waals surface area (Å²) in [6, 6.07) is 11.2. The van der Waals surface area contributed by atoms with E-state index in [9.17, 15) is 8.42 Å². The van der Waals surface area contributed by atoms with Crippen LogP contribution in [0.2, 0.25) is 5.02 Å². The summed E-state index contributed by atoms with van der Waals surface area (Å²) >= 11 is 7.43. The van der Waals surface area contributed by atoms with Gasteiger partial charge < -0.3 is 0 Å². The second-order valence-corrected chi connectivity index (χ2v) is 9.86. The highest BCUT2D eigenvalue weighted by Gasteiger charge is 2.27. The number of halogens is 1. The first-order valence-corrected chi connectivity index (χ1v) is 11.1. The second kappa shape index (κ2) is 7.34. The van der Waals surface area contributed by atoms with E-state index < -0.39 is 10.0 Å². The molecule has 3 aromatic rings. The third-order valence-corrected chi connectivity index (χ3v) is 7.83. The minimum absolute atomic E-state index is 0.321. The van der Waals surface area contributed by atoms with Crippen molar-refractivity contribution in [1.29, 1.82) is 0 Å². The standard InChI is InChI=1S/C20H21ClN2O2S2/c1-12-10-13(2)20(14(3)11-12)27(24,25)23-16(5)19(15(4)22-23)26-18-8-6-17(21)7-9-18/h6-11H,1-5H3. The molecule has 0 saturated heterocycles. The summed E-state index contributed by atoms with van der Waals surface area (Å²) in [5.74, 6) is 0. The van der Waals surface area contributed by atoms with Crippen molar-refractivity contribution in [3.8, 4) is 0 Å². The van der Waals surface area contributed by atoms with Crippen LogP contribution in [0.5, 0.6) is 0 Å². The lowest BCUT2D eigenvalue weighted by Crippen LogP contribution is -2.18. The van der Waals surface area contributed by atoms with E-state index in [0.717, 1.165) is 30.6 Å². The summed E-state index contributed by atoms with van der Waals surface area (Å²) in [6.07, 6.45) is 0. The van der Waals surface area contributed by atoms with Gasteiger partial charge in [-0.3, -0.25) is 0 Å². The van der Waals surface area contributed by atoms with E-state index >= 15 is 0 Å². The highest BCUT2D eigenvalue weighted by molar-refractivity contribution is 7.99. The number of hydrogen-bond acceptors (Lipinski definition) is 4. The van der Waals surface area contributed by atoms with Gasteiger partial charge in [-0.2, -0.15) is 17.6 Å². The maximum atomic E-state index is 13.3. The van der Waals surface area contributed by atoms with Crippen LogP contribution in [0.3, 0.4) is 0 Å². The number of hydrogen-bond donors (Lipinski definition) is 0. The van der Waals surface area contributed by atoms with Gasteiger partial charge in [0.2, 0.25) is 0 Å². The van der Waals surface area contributed by atoms with E-state index in [1.54, 1.807) is 6.92 Å². The molecule has 0 bridgehead atoms. The zero-order chi connectivity index (χ0) is 19.9. The Morgan fingerprint density at radius 3 is 2.07 bits per heavy atom. The van der Waals surface area contributed by atoms with Gasteiger partial charge in [0.15, 0.2) is 0 Å². The zero-order valence-corrected chi connectivity index (χ0v) is 18.3. The van der Waals surface area contributed by atoms with Crippen LogP contribution in [0.1, 0.15) is 28.1 Å². The van der Waals surface area contributed by atoms with Gasteiger partial charge in [0, 0.05) is 9.92 Å². The maximum absolute atomic E-state index is 13.3. The summed E-state index contributed by atoms with van der Waals surface area (Å²) in [5.41, 5.74) is 3.78. The topological polar surface area (TPSA) is 52.0 Å². The van der Waals surface area contributed by atoms with Gasteiger partial charge in [0.1, 0.15) is 0 Å². The molecule has 0 aliphatic carbocycles. The Kier molecular flexibility index (Phi) is 5.43. The third kappa shape index (κ3) is 3.79. The highest BCUT2D eigenvalue weighted by Crippen LogP contribution is 2.35. The molecule has 3 rings (SSSR count). The van der Waals surface area contributed by atoms with Gasteiger partial charge in [-0.15, -0.1) is 0 Å². The van der Waals surface area contributed by atoms with Crippen molar-refractivity contribution in [2.45, 2.75) is 49.3 Å². The molecule has 4 nitrogen and oxygen atoms in total. The van der Waals surface area contributed by atoms with Gasteiger partial charge in [-0.05, 0) is 70.0 Å². The minimum atomic E-state index is -3.78. The Morgan fingerprint density at radius 2 is 1.52 bits per heavy atom. The molecule has 1 heterocycles. The molecule has 0 spiro atoms. The van der Waals surface area contributed by atoms with Crippen LogP contribution >= 0.6 is 23.4 Å². The predicted octanol–water partition coefficient (Wildman–Crippen LogP) is 5.47. The lowest BCUT2D eigenvalue weighted by atomic mass is 10.1. The highest BCUT2D eigenvalue weighted by atomic mass is 35.5. The summed E-state index contributed by atoms with van der Waals surface area (Å²) < 4.78 is 27.8. The summed E-state index contributed by atoms with van der Waals surface area (Å²) in [5, 5.41) is 5.02. The van der Waals surface area contributed by atoms with E-state index in [1.165, 1.54) is 11.8 Å². The lowest BCUT2D eigenvalue weighted by molar-refractivity contribution is 0.576. The Bertz CT molecular complexity index is 1090. The number of aryl methyl sites for hydroxylation is 4. The largest absolute Gasteiger partial charge is 0.283 e. The molecule has 0 aliphatic rings. The van der Waals surface area contributed by atoms with Gasteiger partial charge in [0.25, 0.3) is 10.0 Å². The fourth-order valence-electron chi connectivity index (χ4n) is 3.27. The zero-order valence-electron chi connectivity index (χ0n) is 15.9. The maximum Gasteiger partial charge on any atom is 0.283 e. The molecule has 0 N–H and O–H groups in total. The Hall–Kier alpha value is -1.76. The van der Waals surface area contributed by atoms with Crippen LogP contribution in [-0.2, 0) is 10.0 Å². The third-order valence-electron chi connectivity index (χ3n) is 4.31. The molecule has 0 fully saturated rings. The van der Waals surface area contributed by atoms with Crippen molar-refractivity contribution in [2.75, 3.05) is 0 Å². The molecular formula is C20H21ClN2O2S2.